The predicted molar refractivity (Wildman–Crippen MR) is 349 cm³/mol. The van der Waals surface area contributed by atoms with Crippen molar-refractivity contribution in [2.75, 3.05) is 54.5 Å². The molecule has 0 spiro atoms. The molecule has 4 fully saturated rings. The molecule has 7 rings (SSSR count). The van der Waals surface area contributed by atoms with Crippen LogP contribution >= 0.6 is 55.9 Å². The Hall–Kier alpha value is -4.60. The summed E-state index contributed by atoms with van der Waals surface area (Å²) in [6, 6.07) is 4.92. The summed E-state index contributed by atoms with van der Waals surface area (Å²) >= 11 is 2.80. The maximum atomic E-state index is 14.5. The summed E-state index contributed by atoms with van der Waals surface area (Å²) in [4.78, 5) is 60.2. The van der Waals surface area contributed by atoms with Crippen LogP contribution in [0.25, 0.3) is 0 Å². The van der Waals surface area contributed by atoms with Gasteiger partial charge in [-0.15, -0.1) is 5.92 Å². The van der Waals surface area contributed by atoms with Gasteiger partial charge in [0.25, 0.3) is 0 Å². The summed E-state index contributed by atoms with van der Waals surface area (Å²) in [6.07, 6.45) is -14.4. The Balaban J connectivity index is 1.15. The van der Waals surface area contributed by atoms with Crippen LogP contribution < -0.4 is 30.3 Å². The number of allylic oxidation sites excluding steroid dienone is 3. The summed E-state index contributed by atoms with van der Waals surface area (Å²) in [5, 5.41) is 72.3. The highest BCUT2D eigenvalue weighted by atomic mass is 127. The summed E-state index contributed by atoms with van der Waals surface area (Å²) in [5.74, 6) is 10.0. The fourth-order valence-electron chi connectivity index (χ4n) is 11.2. The van der Waals surface area contributed by atoms with Crippen molar-refractivity contribution >= 4 is 78.9 Å². The number of likely N-dealkylation sites (N-methyl/N-ethyl adjacent to an activating group) is 1. The van der Waals surface area contributed by atoms with Crippen molar-refractivity contribution in [2.45, 2.75) is 188 Å². The number of carboxylic acids is 1. The number of benzene rings is 2. The number of nitrogens with one attached hydrogen (secondary N) is 3. The highest BCUT2D eigenvalue weighted by Crippen LogP contribution is 2.49. The van der Waals surface area contributed by atoms with E-state index in [1.807, 2.05) is 29.5 Å². The Bertz CT molecular complexity index is 3160. The van der Waals surface area contributed by atoms with E-state index in [1.165, 1.54) is 74.1 Å². The molecular formula is C63H82IN3O23S3. The lowest BCUT2D eigenvalue weighted by Crippen LogP contribution is -2.65. The van der Waals surface area contributed by atoms with Gasteiger partial charge in [-0.2, -0.15) is 5.48 Å². The van der Waals surface area contributed by atoms with Crippen LogP contribution in [-0.2, 0) is 52.3 Å². The van der Waals surface area contributed by atoms with Crippen LogP contribution in [0.1, 0.15) is 87.1 Å². The zero-order chi connectivity index (χ0) is 68.0. The minimum Gasteiger partial charge on any atom is -0.492 e. The standard InChI is InChI=1S/C63H82IN3O23S3/c1-13-15-16-17-18-19-40(45-36(63(7,77)28-39(69)48(45)66-62(76)82-12)24-25-91-93-35-22-20-34(21-23-35)58(73)74)87-61-55(88-42-27-41(78-8)37(29-83-42)65-14-2)50(71)47(31(4)85-61)67-90-43-26-38(68)57(33(6)84-43)92-59(75)44-30(3)46(64)53(56(81-11)52(44)79-9)89-60-51(72)54(80-10)49(70)32(5)86-60/h16-17,20-24,31-33,37-38,40-43,47,49-51,54-55,57,60-61,65,67-68,70-72,77H,14,25-29H2,1-12H3,(H,66,76)(H,73,74)/b17-16-,36-24+/t31-,32+,33-,37+,38+,40+,41+,42+,43+,47-,49+,50+,51-,54-,55-,57-,60+,61+,63+/m1/s1. The van der Waals surface area contributed by atoms with Gasteiger partial charge < -0.3 is 92.8 Å². The van der Waals surface area contributed by atoms with Crippen LogP contribution in [-0.4, -0.2) is 223 Å². The van der Waals surface area contributed by atoms with Gasteiger partial charge in [0, 0.05) is 49.7 Å². The molecule has 26 nitrogen and oxygen atoms in total. The van der Waals surface area contributed by atoms with E-state index in [-0.39, 0.29) is 76.5 Å². The summed E-state index contributed by atoms with van der Waals surface area (Å²) in [6.45, 7) is 12.4. The Morgan fingerprint density at radius 3 is 2.20 bits per heavy atom. The van der Waals surface area contributed by atoms with Gasteiger partial charge in [0.15, 0.2) is 36.2 Å². The highest BCUT2D eigenvalue weighted by molar-refractivity contribution is 14.1. The fourth-order valence-corrected chi connectivity index (χ4v) is 14.8. The van der Waals surface area contributed by atoms with Gasteiger partial charge >= 0.3 is 12.1 Å². The number of methoxy groups -OCH3 is 5. The van der Waals surface area contributed by atoms with Crippen molar-refractivity contribution < 1.29 is 111 Å². The third kappa shape index (κ3) is 18.5. The number of hydrogen-bond acceptors (Lipinski definition) is 27. The van der Waals surface area contributed by atoms with Gasteiger partial charge in [-0.25, -0.2) is 9.59 Å². The lowest BCUT2D eigenvalue weighted by Gasteiger charge is -2.46. The first-order valence-corrected chi connectivity index (χ1v) is 34.0. The third-order valence-corrected chi connectivity index (χ3v) is 20.9. The first-order valence-electron chi connectivity index (χ1n) is 29.8. The van der Waals surface area contributed by atoms with Gasteiger partial charge in [0.2, 0.25) is 17.2 Å². The first kappa shape index (κ1) is 75.8. The molecule has 512 valence electrons. The largest absolute Gasteiger partial charge is 0.492 e. The number of thioether (sulfide) groups is 1. The van der Waals surface area contributed by atoms with Gasteiger partial charge in [-0.3, -0.25) is 19.7 Å². The molecule has 9 N–H and O–H groups in total. The predicted octanol–water partition coefficient (Wildman–Crippen LogP) is 4.70. The van der Waals surface area contributed by atoms with E-state index in [9.17, 15) is 49.8 Å². The van der Waals surface area contributed by atoms with E-state index in [2.05, 4.69) is 39.8 Å². The molecule has 0 saturated carbocycles. The van der Waals surface area contributed by atoms with E-state index in [1.54, 1.807) is 59.9 Å². The van der Waals surface area contributed by atoms with E-state index < -0.39 is 139 Å². The van der Waals surface area contributed by atoms with Crippen molar-refractivity contribution in [1.82, 2.24) is 16.1 Å². The van der Waals surface area contributed by atoms with E-state index >= 15 is 0 Å². The minimum absolute atomic E-state index is 0.0119. The monoisotopic (exact) mass is 1470 g/mol. The van der Waals surface area contributed by atoms with Crippen LogP contribution in [0, 0.1) is 34.2 Å². The van der Waals surface area contributed by atoms with Gasteiger partial charge in [-0.05, 0) is 118 Å². The number of amides is 1. The second-order valence-corrected chi connectivity index (χ2v) is 26.9. The summed E-state index contributed by atoms with van der Waals surface area (Å²) in [5.41, 5.74) is 1.45. The van der Waals surface area contributed by atoms with Gasteiger partial charge in [0.05, 0.1) is 102 Å². The van der Waals surface area contributed by atoms with Crippen LogP contribution in [0.15, 0.2) is 64.2 Å². The molecule has 4 saturated heterocycles. The van der Waals surface area contributed by atoms with Crippen molar-refractivity contribution in [3.8, 4) is 40.9 Å². The normalized spacial score (nSPS) is 32.2. The summed E-state index contributed by atoms with van der Waals surface area (Å²) in [7, 11) is 9.39. The third-order valence-electron chi connectivity index (χ3n) is 16.0. The number of hydrogen-bond donors (Lipinski definition) is 9. The van der Waals surface area contributed by atoms with Crippen molar-refractivity contribution in [2.24, 2.45) is 0 Å². The average molecular weight is 1470 g/mol. The highest BCUT2D eigenvalue weighted by Gasteiger charge is 2.52. The number of alkyl carbamates (subject to hydrolysis) is 1. The number of halogens is 1. The molecule has 2 aromatic carbocycles. The smallest absolute Gasteiger partial charge is 0.411 e. The Labute approximate surface area is 566 Å². The number of aliphatic hydroxyl groups excluding tert-OH is 4. The molecule has 0 bridgehead atoms. The Morgan fingerprint density at radius 1 is 0.871 bits per heavy atom. The fraction of sp³-hybridized carbons (Fsp3) is 0.587. The molecule has 0 unspecified atom stereocenters. The zero-order valence-corrected chi connectivity index (χ0v) is 58.0. The molecule has 30 heteroatoms. The number of ketones is 1. The Kier molecular flexibility index (Phi) is 28.6. The topological polar surface area (TPSA) is 346 Å². The molecular weight excluding hydrogens is 1390 g/mol. The second kappa shape index (κ2) is 35.1. The molecule has 5 aliphatic rings. The first-order chi connectivity index (χ1) is 44.4. The van der Waals surface area contributed by atoms with E-state index in [4.69, 9.17) is 61.7 Å². The van der Waals surface area contributed by atoms with Crippen LogP contribution in [0.3, 0.4) is 0 Å². The number of ether oxygens (including phenoxy) is 12. The van der Waals surface area contributed by atoms with Gasteiger partial charge in [-0.1, -0.05) is 64.1 Å². The molecule has 93 heavy (non-hydrogen) atoms. The average Bonchev–Trinajstić information content (AvgIpc) is 0.767. The number of Topliss-reactive ketones (excluding diaryl/α,β-unsaturated/α-hetero) is 1. The quantitative estimate of drug-likeness (QED) is 0.0226. The molecule has 0 aromatic heterocycles. The molecule has 1 aliphatic carbocycles. The Morgan fingerprint density at radius 2 is 1.57 bits per heavy atom. The SMILES string of the molecule is CC#C/C=C\C#C[C@H](O[C@@H]1O[C@H](C)[C@@H](NO[C@H]2C[C@H](O)[C@H](SC(=O)c3c(C)c(I)c(O[C@@H]4O[C@@H](C)[C@H](O)[C@@H](OC)[C@H]4O)c(OC)c3OC)[C@@H](C)O2)[C@H](O)[C@H]1O[C@H]1C[C@H](OC)[C@@H](NCC)CO1)C1=C(NC(=O)OC)C(=O)C[C@](C)(O)/C1=C/CSSc1ccc(C(=O)O)cc1. The maximum Gasteiger partial charge on any atom is 0.411 e. The van der Waals surface area contributed by atoms with Crippen LogP contribution in [0.5, 0.6) is 17.2 Å². The zero-order valence-electron chi connectivity index (χ0n) is 53.4. The minimum atomic E-state index is -1.88. The van der Waals surface area contributed by atoms with Crippen molar-refractivity contribution in [1.29, 1.82) is 0 Å². The number of carbonyl (C=O) groups excluding carboxylic acids is 3. The number of carboxylic acid groups (broad SMARTS) is 1. The number of hydroxylamine groups is 1. The van der Waals surface area contributed by atoms with Crippen molar-refractivity contribution in [3.05, 3.63) is 79.6 Å². The second-order valence-electron chi connectivity index (χ2n) is 22.3. The molecule has 4 aliphatic heterocycles. The number of rotatable bonds is 24. The number of aliphatic hydroxyl groups is 5. The van der Waals surface area contributed by atoms with Crippen LogP contribution in [0.2, 0.25) is 0 Å². The van der Waals surface area contributed by atoms with E-state index in [0.717, 1.165) is 23.8 Å². The molecule has 4 heterocycles. The molecule has 2 aromatic rings. The summed E-state index contributed by atoms with van der Waals surface area (Å²) < 4.78 is 72.9. The molecule has 19 atom stereocenters. The lowest BCUT2D eigenvalue weighted by molar-refractivity contribution is -0.336. The maximum absolute atomic E-state index is 14.5. The molecule has 0 radical (unpaired) electrons. The molecule has 1 amide bonds. The van der Waals surface area contributed by atoms with Crippen molar-refractivity contribution in [3.63, 3.8) is 0 Å². The van der Waals surface area contributed by atoms with Gasteiger partial charge in [0.1, 0.15) is 36.6 Å². The lowest BCUT2D eigenvalue weighted by atomic mass is 9.76. The van der Waals surface area contributed by atoms with E-state index in [0.29, 0.717) is 15.7 Å². The number of aromatic carboxylic acids is 1. The van der Waals surface area contributed by atoms with Crippen LogP contribution in [0.4, 0.5) is 4.79 Å². The number of carbonyl (C=O) groups is 4.